The molecule has 0 radical (unpaired) electrons. The van der Waals surface area contributed by atoms with Crippen LogP contribution < -0.4 is 5.32 Å². The zero-order valence-corrected chi connectivity index (χ0v) is 12.9. The first-order valence-electron chi connectivity index (χ1n) is 6.78. The number of pyridine rings is 2. The summed E-state index contributed by atoms with van der Waals surface area (Å²) in [6.07, 6.45) is 3.36. The molecule has 2 heterocycles. The maximum Gasteiger partial charge on any atom is 0.254 e. The second kappa shape index (κ2) is 7.72. The van der Waals surface area contributed by atoms with E-state index in [-0.39, 0.29) is 24.2 Å². The lowest BCUT2D eigenvalue weighted by atomic mass is 10.2. The Hall–Kier alpha value is -2.18. The second-order valence-corrected chi connectivity index (χ2v) is 5.01. The van der Waals surface area contributed by atoms with Crippen molar-refractivity contribution in [3.63, 3.8) is 0 Å². The van der Waals surface area contributed by atoms with Crippen molar-refractivity contribution >= 4 is 23.3 Å². The molecule has 0 aromatic carbocycles. The Bertz CT molecular complexity index is 637. The summed E-state index contributed by atoms with van der Waals surface area (Å²) in [5.74, 6) is 0.292. The highest BCUT2D eigenvalue weighted by Gasteiger charge is 2.17. The van der Waals surface area contributed by atoms with E-state index in [1.54, 1.807) is 36.5 Å². The molecule has 0 bridgehead atoms. The van der Waals surface area contributed by atoms with Gasteiger partial charge in [-0.3, -0.25) is 9.78 Å². The monoisotopic (exact) mass is 320 g/mol. The van der Waals surface area contributed by atoms with Crippen LogP contribution in [0.15, 0.2) is 36.7 Å². The van der Waals surface area contributed by atoms with Crippen LogP contribution in [0.2, 0.25) is 5.15 Å². The highest BCUT2D eigenvalue weighted by Crippen LogP contribution is 2.17. The molecule has 2 rings (SSSR count). The quantitative estimate of drug-likeness (QED) is 0.794. The molecule has 0 atom stereocenters. The Morgan fingerprint density at radius 1 is 1.45 bits per heavy atom. The van der Waals surface area contributed by atoms with Crippen molar-refractivity contribution in [3.8, 4) is 0 Å². The summed E-state index contributed by atoms with van der Waals surface area (Å²) < 4.78 is 0. The Balaban J connectivity index is 2.24. The van der Waals surface area contributed by atoms with Crippen LogP contribution in [0.5, 0.6) is 0 Å². The molecule has 0 aliphatic heterocycles. The molecule has 2 aromatic heterocycles. The van der Waals surface area contributed by atoms with E-state index < -0.39 is 0 Å². The molecular weight excluding hydrogens is 304 g/mol. The van der Waals surface area contributed by atoms with Gasteiger partial charge in [0.1, 0.15) is 11.0 Å². The fourth-order valence-electron chi connectivity index (χ4n) is 2.02. The van der Waals surface area contributed by atoms with Crippen molar-refractivity contribution in [1.29, 1.82) is 0 Å². The summed E-state index contributed by atoms with van der Waals surface area (Å²) in [5.41, 5.74) is 1.31. The number of nitrogens with zero attached hydrogens (tertiary/aromatic N) is 3. The maximum atomic E-state index is 12.6. The number of halogens is 1. The topological polar surface area (TPSA) is 78.4 Å². The molecule has 22 heavy (non-hydrogen) atoms. The smallest absolute Gasteiger partial charge is 0.254 e. The lowest BCUT2D eigenvalue weighted by Crippen LogP contribution is -2.33. The van der Waals surface area contributed by atoms with Crippen molar-refractivity contribution in [2.75, 3.05) is 25.5 Å². The molecule has 0 aliphatic rings. The fraction of sp³-hybridized carbons (Fsp3) is 0.267. The molecule has 6 nitrogen and oxygen atoms in total. The van der Waals surface area contributed by atoms with Crippen LogP contribution in [-0.2, 0) is 6.54 Å². The van der Waals surface area contributed by atoms with E-state index >= 15 is 0 Å². The van der Waals surface area contributed by atoms with E-state index in [0.29, 0.717) is 17.9 Å². The number of carbonyl (C=O) groups is 1. The Morgan fingerprint density at radius 2 is 2.27 bits per heavy atom. The van der Waals surface area contributed by atoms with Crippen LogP contribution in [0.4, 0.5) is 5.82 Å². The van der Waals surface area contributed by atoms with E-state index in [0.717, 1.165) is 5.56 Å². The van der Waals surface area contributed by atoms with E-state index in [1.165, 1.54) is 6.07 Å². The summed E-state index contributed by atoms with van der Waals surface area (Å²) in [7, 11) is 1.70. The first-order chi connectivity index (χ1) is 10.6. The number of rotatable bonds is 6. The summed E-state index contributed by atoms with van der Waals surface area (Å²) in [5, 5.41) is 12.3. The molecule has 0 saturated heterocycles. The zero-order valence-electron chi connectivity index (χ0n) is 12.2. The molecule has 116 valence electrons. The molecule has 0 fully saturated rings. The van der Waals surface area contributed by atoms with E-state index in [2.05, 4.69) is 15.3 Å². The SMILES string of the molecule is CNc1cc(C(=O)N(CCO)Cc2cccnc2)cc(Cl)n1. The van der Waals surface area contributed by atoms with E-state index in [9.17, 15) is 9.90 Å². The Kier molecular flexibility index (Phi) is 5.68. The Morgan fingerprint density at radius 3 is 2.91 bits per heavy atom. The third kappa shape index (κ3) is 4.16. The van der Waals surface area contributed by atoms with Crippen LogP contribution in [0, 0.1) is 0 Å². The van der Waals surface area contributed by atoms with Crippen LogP contribution in [0.3, 0.4) is 0 Å². The fourth-order valence-corrected chi connectivity index (χ4v) is 2.22. The van der Waals surface area contributed by atoms with Crippen molar-refractivity contribution in [3.05, 3.63) is 52.9 Å². The van der Waals surface area contributed by atoms with Gasteiger partial charge in [-0.25, -0.2) is 4.98 Å². The normalized spacial score (nSPS) is 10.3. The van der Waals surface area contributed by atoms with Gasteiger partial charge in [-0.2, -0.15) is 0 Å². The molecule has 2 N–H and O–H groups in total. The first kappa shape index (κ1) is 16.2. The van der Waals surface area contributed by atoms with Gasteiger partial charge in [0.15, 0.2) is 0 Å². The maximum absolute atomic E-state index is 12.6. The number of hydrogen-bond acceptors (Lipinski definition) is 5. The molecule has 1 amide bonds. The molecule has 0 unspecified atom stereocenters. The number of amides is 1. The van der Waals surface area contributed by atoms with Gasteiger partial charge >= 0.3 is 0 Å². The number of nitrogens with one attached hydrogen (secondary N) is 1. The van der Waals surface area contributed by atoms with Crippen molar-refractivity contribution < 1.29 is 9.90 Å². The third-order valence-corrected chi connectivity index (χ3v) is 3.24. The highest BCUT2D eigenvalue weighted by molar-refractivity contribution is 6.29. The minimum Gasteiger partial charge on any atom is -0.395 e. The number of aliphatic hydroxyl groups excluding tert-OH is 1. The van der Waals surface area contributed by atoms with Gasteiger partial charge in [0.25, 0.3) is 5.91 Å². The van der Waals surface area contributed by atoms with Crippen LogP contribution in [0.25, 0.3) is 0 Å². The van der Waals surface area contributed by atoms with E-state index in [4.69, 9.17) is 11.6 Å². The molecule has 0 aliphatic carbocycles. The first-order valence-corrected chi connectivity index (χ1v) is 7.16. The standard InChI is InChI=1S/C15H17ClN4O2/c1-17-14-8-12(7-13(16)19-14)15(22)20(5-6-21)10-11-3-2-4-18-9-11/h2-4,7-9,21H,5-6,10H2,1H3,(H,17,19). The molecule has 0 saturated carbocycles. The molecular formula is C15H17ClN4O2. The van der Waals surface area contributed by atoms with Gasteiger partial charge in [0.2, 0.25) is 0 Å². The largest absolute Gasteiger partial charge is 0.395 e. The average molecular weight is 321 g/mol. The number of anilines is 1. The summed E-state index contributed by atoms with van der Waals surface area (Å²) in [6.45, 7) is 0.467. The molecule has 0 spiro atoms. The van der Waals surface area contributed by atoms with Gasteiger partial charge in [-0.15, -0.1) is 0 Å². The number of aliphatic hydroxyl groups is 1. The van der Waals surface area contributed by atoms with Crippen molar-refractivity contribution in [1.82, 2.24) is 14.9 Å². The van der Waals surface area contributed by atoms with E-state index in [1.807, 2.05) is 6.07 Å². The predicted molar refractivity (Wildman–Crippen MR) is 84.9 cm³/mol. The number of carbonyl (C=O) groups excluding carboxylic acids is 1. The zero-order chi connectivity index (χ0) is 15.9. The lowest BCUT2D eigenvalue weighted by molar-refractivity contribution is 0.0707. The van der Waals surface area contributed by atoms with Crippen molar-refractivity contribution in [2.45, 2.75) is 6.54 Å². The minimum absolute atomic E-state index is 0.121. The van der Waals surface area contributed by atoms with Crippen LogP contribution >= 0.6 is 11.6 Å². The van der Waals surface area contributed by atoms with Gasteiger partial charge in [0.05, 0.1) is 6.61 Å². The molecule has 7 heteroatoms. The summed E-state index contributed by atoms with van der Waals surface area (Å²) >= 11 is 5.93. The third-order valence-electron chi connectivity index (χ3n) is 3.05. The predicted octanol–water partition coefficient (Wildman–Crippen LogP) is 1.81. The number of hydrogen-bond donors (Lipinski definition) is 2. The summed E-state index contributed by atoms with van der Waals surface area (Å²) in [4.78, 5) is 22.3. The van der Waals surface area contributed by atoms with Crippen molar-refractivity contribution in [2.24, 2.45) is 0 Å². The van der Waals surface area contributed by atoms with Crippen LogP contribution in [0.1, 0.15) is 15.9 Å². The van der Waals surface area contributed by atoms with Gasteiger partial charge in [-0.1, -0.05) is 17.7 Å². The number of aromatic nitrogens is 2. The van der Waals surface area contributed by atoms with Gasteiger partial charge < -0.3 is 15.3 Å². The van der Waals surface area contributed by atoms with Gasteiger partial charge in [0, 0.05) is 38.1 Å². The van der Waals surface area contributed by atoms with Crippen LogP contribution in [-0.4, -0.2) is 46.1 Å². The molecule has 2 aromatic rings. The summed E-state index contributed by atoms with van der Waals surface area (Å²) in [6, 6.07) is 6.82. The highest BCUT2D eigenvalue weighted by atomic mass is 35.5. The minimum atomic E-state index is -0.223. The van der Waals surface area contributed by atoms with Gasteiger partial charge in [-0.05, 0) is 23.8 Å². The second-order valence-electron chi connectivity index (χ2n) is 4.63. The average Bonchev–Trinajstić information content (AvgIpc) is 2.54. The Labute approximate surface area is 133 Å². The lowest BCUT2D eigenvalue weighted by Gasteiger charge is -2.22.